The van der Waals surface area contributed by atoms with E-state index in [0.29, 0.717) is 12.2 Å². The van der Waals surface area contributed by atoms with Crippen molar-refractivity contribution in [1.29, 1.82) is 0 Å². The molecule has 0 aliphatic rings. The topological polar surface area (TPSA) is 92.6 Å². The van der Waals surface area contributed by atoms with Gasteiger partial charge in [-0.15, -0.1) is 0 Å². The normalized spacial score (nSPS) is 10.5. The fraction of sp³-hybridized carbons (Fsp3) is 0.462. The van der Waals surface area contributed by atoms with E-state index in [2.05, 4.69) is 0 Å². The second-order valence-electron chi connectivity index (χ2n) is 4.46. The molecule has 1 aromatic carbocycles. The Balaban J connectivity index is 2.81. The molecule has 5 N–H and O–H groups in total. The molecule has 106 valence electrons. The van der Waals surface area contributed by atoms with E-state index in [1.54, 1.807) is 11.9 Å². The highest BCUT2D eigenvalue weighted by Gasteiger charge is 2.14. The number of hydrogen-bond acceptors (Lipinski definition) is 4. The number of anilines is 2. The number of nitrogens with zero attached hydrogens (tertiary/aromatic N) is 1. The van der Waals surface area contributed by atoms with E-state index < -0.39 is 11.7 Å². The van der Waals surface area contributed by atoms with Gasteiger partial charge in [0.25, 0.3) is 5.91 Å². The van der Waals surface area contributed by atoms with Crippen LogP contribution in [0.15, 0.2) is 12.1 Å². The van der Waals surface area contributed by atoms with Gasteiger partial charge < -0.3 is 21.5 Å². The molecule has 1 aromatic rings. The summed E-state index contributed by atoms with van der Waals surface area (Å²) in [5.41, 5.74) is 11.2. The predicted octanol–water partition coefficient (Wildman–Crippen LogP) is 1.11. The Labute approximate surface area is 112 Å². The van der Waals surface area contributed by atoms with E-state index in [9.17, 15) is 9.18 Å². The summed E-state index contributed by atoms with van der Waals surface area (Å²) in [4.78, 5) is 12.9. The molecule has 0 aliphatic carbocycles. The molecule has 1 amide bonds. The lowest BCUT2D eigenvalue weighted by Crippen LogP contribution is -2.22. The van der Waals surface area contributed by atoms with Gasteiger partial charge in [-0.3, -0.25) is 4.79 Å². The molecule has 0 atom stereocenters. The number of aliphatic hydroxyl groups excluding tert-OH is 1. The van der Waals surface area contributed by atoms with Gasteiger partial charge in [-0.25, -0.2) is 4.39 Å². The number of carbonyl (C=O) groups is 1. The third-order valence-electron chi connectivity index (χ3n) is 2.95. The van der Waals surface area contributed by atoms with Crippen molar-refractivity contribution in [1.82, 2.24) is 0 Å². The van der Waals surface area contributed by atoms with E-state index >= 15 is 0 Å². The van der Waals surface area contributed by atoms with E-state index in [1.165, 1.54) is 6.07 Å². The maximum Gasteiger partial charge on any atom is 0.250 e. The first-order valence-corrected chi connectivity index (χ1v) is 6.18. The molecule has 0 bridgehead atoms. The van der Waals surface area contributed by atoms with Crippen molar-refractivity contribution >= 4 is 17.3 Å². The minimum absolute atomic E-state index is 0.0439. The van der Waals surface area contributed by atoms with Crippen molar-refractivity contribution in [2.45, 2.75) is 19.3 Å². The van der Waals surface area contributed by atoms with E-state index in [1.807, 2.05) is 0 Å². The zero-order valence-electron chi connectivity index (χ0n) is 11.0. The van der Waals surface area contributed by atoms with Gasteiger partial charge >= 0.3 is 0 Å². The summed E-state index contributed by atoms with van der Waals surface area (Å²) >= 11 is 0. The average molecular weight is 269 g/mol. The Bertz CT molecular complexity index is 452. The summed E-state index contributed by atoms with van der Waals surface area (Å²) < 4.78 is 13.8. The number of hydrogen-bond donors (Lipinski definition) is 3. The van der Waals surface area contributed by atoms with Crippen LogP contribution in [-0.2, 0) is 0 Å². The third-order valence-corrected chi connectivity index (χ3v) is 2.95. The number of nitrogens with two attached hydrogens (primary N) is 2. The fourth-order valence-electron chi connectivity index (χ4n) is 1.84. The molecule has 0 unspecified atom stereocenters. The molecule has 0 saturated carbocycles. The highest BCUT2D eigenvalue weighted by molar-refractivity contribution is 5.99. The fourth-order valence-corrected chi connectivity index (χ4v) is 1.84. The number of benzene rings is 1. The molecule has 0 saturated heterocycles. The summed E-state index contributed by atoms with van der Waals surface area (Å²) in [6.45, 7) is 0.783. The standard InChI is InChI=1S/C13H20FN3O2/c1-17(5-3-2-4-6-18)12-7-9(13(16)19)11(15)8-10(12)14/h7-8,18H,2-6,15H2,1H3,(H2,16,19). The smallest absolute Gasteiger partial charge is 0.250 e. The number of primary amides is 1. The van der Waals surface area contributed by atoms with Gasteiger partial charge in [-0.1, -0.05) is 0 Å². The van der Waals surface area contributed by atoms with Crippen LogP contribution in [0.25, 0.3) is 0 Å². The second kappa shape index (κ2) is 6.94. The lowest BCUT2D eigenvalue weighted by molar-refractivity contribution is 0.100. The van der Waals surface area contributed by atoms with Gasteiger partial charge in [-0.2, -0.15) is 0 Å². The largest absolute Gasteiger partial charge is 0.398 e. The quantitative estimate of drug-likeness (QED) is 0.510. The van der Waals surface area contributed by atoms with Gasteiger partial charge in [0, 0.05) is 25.9 Å². The van der Waals surface area contributed by atoms with Crippen LogP contribution < -0.4 is 16.4 Å². The van der Waals surface area contributed by atoms with Crippen LogP contribution in [0.5, 0.6) is 0 Å². The Kier molecular flexibility index (Phi) is 5.57. The van der Waals surface area contributed by atoms with E-state index in [-0.39, 0.29) is 17.9 Å². The van der Waals surface area contributed by atoms with E-state index in [4.69, 9.17) is 16.6 Å². The molecule has 0 aliphatic heterocycles. The van der Waals surface area contributed by atoms with Crippen LogP contribution in [-0.4, -0.2) is 31.2 Å². The molecule has 0 fully saturated rings. The number of carbonyl (C=O) groups excluding carboxylic acids is 1. The molecular formula is C13H20FN3O2. The lowest BCUT2D eigenvalue weighted by atomic mass is 10.1. The molecule has 0 aromatic heterocycles. The van der Waals surface area contributed by atoms with Gasteiger partial charge in [0.1, 0.15) is 5.82 Å². The number of aliphatic hydroxyl groups is 1. The van der Waals surface area contributed by atoms with Gasteiger partial charge in [0.15, 0.2) is 0 Å². The first-order chi connectivity index (χ1) is 8.97. The van der Waals surface area contributed by atoms with Crippen LogP contribution in [0.4, 0.5) is 15.8 Å². The molecular weight excluding hydrogens is 249 g/mol. The molecule has 0 heterocycles. The molecule has 1 rings (SSSR count). The van der Waals surface area contributed by atoms with Crippen LogP contribution in [0.1, 0.15) is 29.6 Å². The highest BCUT2D eigenvalue weighted by atomic mass is 19.1. The number of halogens is 1. The van der Waals surface area contributed by atoms with Gasteiger partial charge in [0.2, 0.25) is 0 Å². The number of unbranched alkanes of at least 4 members (excludes halogenated alkanes) is 2. The summed E-state index contributed by atoms with van der Waals surface area (Å²) in [7, 11) is 1.73. The Morgan fingerprint density at radius 3 is 2.63 bits per heavy atom. The summed E-state index contributed by atoms with van der Waals surface area (Å²) in [6.07, 6.45) is 2.41. The number of nitrogen functional groups attached to an aromatic ring is 1. The summed E-state index contributed by atoms with van der Waals surface area (Å²) in [5, 5.41) is 8.68. The van der Waals surface area contributed by atoms with Crippen LogP contribution in [0.3, 0.4) is 0 Å². The van der Waals surface area contributed by atoms with Crippen molar-refractivity contribution in [3.05, 3.63) is 23.5 Å². The Hall–Kier alpha value is -1.82. The average Bonchev–Trinajstić information content (AvgIpc) is 2.34. The Morgan fingerprint density at radius 1 is 1.37 bits per heavy atom. The maximum absolute atomic E-state index is 13.8. The minimum Gasteiger partial charge on any atom is -0.398 e. The Morgan fingerprint density at radius 2 is 2.05 bits per heavy atom. The molecule has 5 nitrogen and oxygen atoms in total. The van der Waals surface area contributed by atoms with Crippen molar-refractivity contribution in [2.24, 2.45) is 5.73 Å². The summed E-state index contributed by atoms with van der Waals surface area (Å²) in [6, 6.07) is 2.48. The third kappa shape index (κ3) is 4.10. The van der Waals surface area contributed by atoms with E-state index in [0.717, 1.165) is 25.3 Å². The predicted molar refractivity (Wildman–Crippen MR) is 73.5 cm³/mol. The van der Waals surface area contributed by atoms with Crippen LogP contribution in [0.2, 0.25) is 0 Å². The van der Waals surface area contributed by atoms with Crippen LogP contribution >= 0.6 is 0 Å². The van der Waals surface area contributed by atoms with Gasteiger partial charge in [-0.05, 0) is 31.4 Å². The zero-order valence-corrected chi connectivity index (χ0v) is 11.0. The monoisotopic (exact) mass is 269 g/mol. The molecule has 0 spiro atoms. The first-order valence-electron chi connectivity index (χ1n) is 6.18. The maximum atomic E-state index is 13.8. The zero-order chi connectivity index (χ0) is 14.4. The van der Waals surface area contributed by atoms with Crippen LogP contribution in [0, 0.1) is 5.82 Å². The SMILES string of the molecule is CN(CCCCCO)c1cc(C(N)=O)c(N)cc1F. The van der Waals surface area contributed by atoms with Crippen molar-refractivity contribution < 1.29 is 14.3 Å². The van der Waals surface area contributed by atoms with Crippen molar-refractivity contribution in [2.75, 3.05) is 30.8 Å². The molecule has 19 heavy (non-hydrogen) atoms. The molecule has 6 heteroatoms. The second-order valence-corrected chi connectivity index (χ2v) is 4.46. The lowest BCUT2D eigenvalue weighted by Gasteiger charge is -2.21. The highest BCUT2D eigenvalue weighted by Crippen LogP contribution is 2.24. The van der Waals surface area contributed by atoms with Gasteiger partial charge in [0.05, 0.1) is 11.3 Å². The number of amides is 1. The number of rotatable bonds is 7. The van der Waals surface area contributed by atoms with Crippen molar-refractivity contribution in [3.8, 4) is 0 Å². The minimum atomic E-state index is -0.674. The van der Waals surface area contributed by atoms with Crippen molar-refractivity contribution in [3.63, 3.8) is 0 Å². The first kappa shape index (κ1) is 15.2. The summed E-state index contributed by atoms with van der Waals surface area (Å²) in [5.74, 6) is -1.15. The molecule has 0 radical (unpaired) electrons.